The highest BCUT2D eigenvalue weighted by Gasteiger charge is 2.17. The number of amides is 1. The summed E-state index contributed by atoms with van der Waals surface area (Å²) in [5, 5.41) is 6.92. The van der Waals surface area contributed by atoms with Crippen LogP contribution in [0.4, 0.5) is 11.4 Å². The molecule has 5 nitrogen and oxygen atoms in total. The number of thiazole rings is 1. The monoisotopic (exact) mass is 352 g/mol. The van der Waals surface area contributed by atoms with Crippen molar-refractivity contribution in [1.82, 2.24) is 9.97 Å². The quantitative estimate of drug-likeness (QED) is 0.776. The molecule has 0 bridgehead atoms. The molecule has 2 aromatic heterocycles. The SMILES string of the molecule is Cc1nc(CC(=O)Nc2ccc(N3CCCC3)c3ncccc23)cs1. The standard InChI is InChI=1S/C19H20N4OS/c1-13-21-14(12-25-13)11-18(24)22-16-6-7-17(23-9-2-3-10-23)19-15(16)5-4-8-20-19/h4-8,12H,2-3,9-11H2,1H3,(H,22,24). The van der Waals surface area contributed by atoms with E-state index in [1.807, 2.05) is 36.7 Å². The highest BCUT2D eigenvalue weighted by Crippen LogP contribution is 2.32. The summed E-state index contributed by atoms with van der Waals surface area (Å²) in [6.45, 7) is 4.09. The fourth-order valence-electron chi connectivity index (χ4n) is 3.33. The number of nitrogens with zero attached hydrogens (tertiary/aromatic N) is 3. The van der Waals surface area contributed by atoms with E-state index in [1.165, 1.54) is 12.8 Å². The molecule has 0 saturated carbocycles. The molecule has 1 aliphatic rings. The van der Waals surface area contributed by atoms with Crippen molar-refractivity contribution in [3.8, 4) is 0 Å². The van der Waals surface area contributed by atoms with E-state index >= 15 is 0 Å². The molecular weight excluding hydrogens is 332 g/mol. The predicted molar refractivity (Wildman–Crippen MR) is 102 cm³/mol. The van der Waals surface area contributed by atoms with Gasteiger partial charge in [0.2, 0.25) is 5.91 Å². The zero-order chi connectivity index (χ0) is 17.2. The van der Waals surface area contributed by atoms with Gasteiger partial charge in [-0.3, -0.25) is 9.78 Å². The Kier molecular flexibility index (Phi) is 4.36. The number of carbonyl (C=O) groups is 1. The molecule has 1 aromatic carbocycles. The van der Waals surface area contributed by atoms with Crippen LogP contribution >= 0.6 is 11.3 Å². The maximum atomic E-state index is 12.4. The Morgan fingerprint density at radius 2 is 2.12 bits per heavy atom. The Hall–Kier alpha value is -2.47. The molecule has 1 fully saturated rings. The summed E-state index contributed by atoms with van der Waals surface area (Å²) in [6.07, 6.45) is 4.55. The van der Waals surface area contributed by atoms with Crippen LogP contribution in [-0.2, 0) is 11.2 Å². The third-order valence-electron chi connectivity index (χ3n) is 4.48. The molecular formula is C19H20N4OS. The van der Waals surface area contributed by atoms with Crippen LogP contribution in [0.2, 0.25) is 0 Å². The van der Waals surface area contributed by atoms with Crippen LogP contribution in [-0.4, -0.2) is 29.0 Å². The van der Waals surface area contributed by atoms with Crippen molar-refractivity contribution in [3.63, 3.8) is 0 Å². The van der Waals surface area contributed by atoms with E-state index in [-0.39, 0.29) is 5.91 Å². The molecule has 1 N–H and O–H groups in total. The summed E-state index contributed by atoms with van der Waals surface area (Å²) in [5.41, 5.74) is 3.73. The van der Waals surface area contributed by atoms with E-state index in [2.05, 4.69) is 26.3 Å². The van der Waals surface area contributed by atoms with Gasteiger partial charge in [-0.15, -0.1) is 11.3 Å². The second kappa shape index (κ2) is 6.80. The third-order valence-corrected chi connectivity index (χ3v) is 5.30. The van der Waals surface area contributed by atoms with Crippen molar-refractivity contribution in [2.45, 2.75) is 26.2 Å². The third kappa shape index (κ3) is 3.35. The number of hydrogen-bond acceptors (Lipinski definition) is 5. The Morgan fingerprint density at radius 3 is 2.88 bits per heavy atom. The largest absolute Gasteiger partial charge is 0.370 e. The number of aryl methyl sites for hydroxylation is 1. The molecule has 0 atom stereocenters. The lowest BCUT2D eigenvalue weighted by Gasteiger charge is -2.20. The lowest BCUT2D eigenvalue weighted by atomic mass is 10.1. The van der Waals surface area contributed by atoms with Crippen molar-refractivity contribution in [1.29, 1.82) is 0 Å². The first-order valence-electron chi connectivity index (χ1n) is 8.54. The summed E-state index contributed by atoms with van der Waals surface area (Å²) >= 11 is 1.56. The van der Waals surface area contributed by atoms with E-state index in [0.29, 0.717) is 6.42 Å². The van der Waals surface area contributed by atoms with Crippen molar-refractivity contribution in [2.24, 2.45) is 0 Å². The van der Waals surface area contributed by atoms with E-state index in [0.717, 1.165) is 46.1 Å². The molecule has 0 spiro atoms. The van der Waals surface area contributed by atoms with Crippen molar-refractivity contribution < 1.29 is 4.79 Å². The number of benzene rings is 1. The molecule has 1 saturated heterocycles. The molecule has 128 valence electrons. The number of fused-ring (bicyclic) bond motifs is 1. The smallest absolute Gasteiger partial charge is 0.230 e. The molecule has 25 heavy (non-hydrogen) atoms. The number of rotatable bonds is 4. The second-order valence-corrected chi connectivity index (χ2v) is 7.37. The average Bonchev–Trinajstić information content (AvgIpc) is 3.27. The lowest BCUT2D eigenvalue weighted by molar-refractivity contribution is -0.115. The Balaban J connectivity index is 1.61. The van der Waals surface area contributed by atoms with Crippen LogP contribution in [0.5, 0.6) is 0 Å². The number of carbonyl (C=O) groups excluding carboxylic acids is 1. The predicted octanol–water partition coefficient (Wildman–Crippen LogP) is 3.78. The molecule has 3 aromatic rings. The minimum atomic E-state index is -0.0515. The topological polar surface area (TPSA) is 58.1 Å². The average molecular weight is 352 g/mol. The van der Waals surface area contributed by atoms with Crippen molar-refractivity contribution in [2.75, 3.05) is 23.3 Å². The molecule has 1 amide bonds. The van der Waals surface area contributed by atoms with Crippen molar-refractivity contribution >= 4 is 39.5 Å². The molecule has 0 radical (unpaired) electrons. The van der Waals surface area contributed by atoms with Gasteiger partial charge >= 0.3 is 0 Å². The van der Waals surface area contributed by atoms with Gasteiger partial charge in [0.1, 0.15) is 0 Å². The second-order valence-electron chi connectivity index (χ2n) is 6.31. The first kappa shape index (κ1) is 16.0. The zero-order valence-electron chi connectivity index (χ0n) is 14.2. The minimum Gasteiger partial charge on any atom is -0.370 e. The molecule has 3 heterocycles. The van der Waals surface area contributed by atoms with E-state index in [1.54, 1.807) is 11.3 Å². The fourth-order valence-corrected chi connectivity index (χ4v) is 3.94. The van der Waals surface area contributed by atoms with Crippen LogP contribution in [0.1, 0.15) is 23.5 Å². The Bertz CT molecular complexity index is 915. The maximum Gasteiger partial charge on any atom is 0.230 e. The van der Waals surface area contributed by atoms with Crippen molar-refractivity contribution in [3.05, 3.63) is 46.5 Å². The van der Waals surface area contributed by atoms with Gasteiger partial charge in [-0.1, -0.05) is 0 Å². The maximum absolute atomic E-state index is 12.4. The number of hydrogen-bond donors (Lipinski definition) is 1. The van der Waals surface area contributed by atoms with Gasteiger partial charge in [0.15, 0.2) is 0 Å². The Morgan fingerprint density at radius 1 is 1.28 bits per heavy atom. The molecule has 1 aliphatic heterocycles. The van der Waals surface area contributed by atoms with E-state index in [4.69, 9.17) is 0 Å². The first-order valence-corrected chi connectivity index (χ1v) is 9.42. The number of aromatic nitrogens is 2. The van der Waals surface area contributed by atoms with E-state index < -0.39 is 0 Å². The van der Waals surface area contributed by atoms with Gasteiger partial charge < -0.3 is 10.2 Å². The number of anilines is 2. The van der Waals surface area contributed by atoms with Gasteiger partial charge in [-0.25, -0.2) is 4.98 Å². The van der Waals surface area contributed by atoms with Gasteiger partial charge in [0, 0.05) is 30.1 Å². The normalized spacial score (nSPS) is 14.2. The van der Waals surface area contributed by atoms with Crippen LogP contribution < -0.4 is 10.2 Å². The van der Waals surface area contributed by atoms with Gasteiger partial charge in [-0.2, -0.15) is 0 Å². The summed E-state index contributed by atoms with van der Waals surface area (Å²) < 4.78 is 0. The highest BCUT2D eigenvalue weighted by molar-refractivity contribution is 7.09. The zero-order valence-corrected chi connectivity index (χ0v) is 15.0. The molecule has 0 aliphatic carbocycles. The molecule has 0 unspecified atom stereocenters. The van der Waals surface area contributed by atoms with Gasteiger partial charge in [0.25, 0.3) is 0 Å². The van der Waals surface area contributed by atoms with Crippen LogP contribution in [0.3, 0.4) is 0 Å². The molecule has 6 heteroatoms. The summed E-state index contributed by atoms with van der Waals surface area (Å²) in [7, 11) is 0. The summed E-state index contributed by atoms with van der Waals surface area (Å²) in [4.78, 5) is 23.7. The van der Waals surface area contributed by atoms with Gasteiger partial charge in [0.05, 0.1) is 34.0 Å². The van der Waals surface area contributed by atoms with Crippen LogP contribution in [0.15, 0.2) is 35.8 Å². The van der Waals surface area contributed by atoms with Gasteiger partial charge in [-0.05, 0) is 44.0 Å². The molecule has 4 rings (SSSR count). The summed E-state index contributed by atoms with van der Waals surface area (Å²) in [5.74, 6) is -0.0515. The number of nitrogens with one attached hydrogen (secondary N) is 1. The van der Waals surface area contributed by atoms with Crippen LogP contribution in [0, 0.1) is 6.92 Å². The van der Waals surface area contributed by atoms with Crippen LogP contribution in [0.25, 0.3) is 10.9 Å². The minimum absolute atomic E-state index is 0.0515. The number of pyridine rings is 1. The lowest BCUT2D eigenvalue weighted by Crippen LogP contribution is -2.19. The highest BCUT2D eigenvalue weighted by atomic mass is 32.1. The van der Waals surface area contributed by atoms with E-state index in [9.17, 15) is 4.79 Å². The fraction of sp³-hybridized carbons (Fsp3) is 0.316. The summed E-state index contributed by atoms with van der Waals surface area (Å²) in [6, 6.07) is 7.99. The Labute approximate surface area is 150 Å². The first-order chi connectivity index (χ1) is 12.2.